The monoisotopic (exact) mass is 568 g/mol. The fourth-order valence-corrected chi connectivity index (χ4v) is 3.96. The van der Waals surface area contributed by atoms with Crippen molar-refractivity contribution in [3.8, 4) is 0 Å². The summed E-state index contributed by atoms with van der Waals surface area (Å²) in [4.78, 5) is 37.6. The molecule has 1 aliphatic rings. The Hall–Kier alpha value is -1.94. The topological polar surface area (TPSA) is 205 Å². The van der Waals surface area contributed by atoms with Crippen molar-refractivity contribution in [2.24, 2.45) is 10.8 Å². The van der Waals surface area contributed by atoms with Gasteiger partial charge >= 0.3 is 19.5 Å². The summed E-state index contributed by atoms with van der Waals surface area (Å²) in [6.45, 7) is 8.79. The van der Waals surface area contributed by atoms with Crippen molar-refractivity contribution in [3.63, 3.8) is 0 Å². The summed E-state index contributed by atoms with van der Waals surface area (Å²) >= 11 is 0. The summed E-state index contributed by atoms with van der Waals surface area (Å²) in [5.74, 6) is -0.664. The minimum atomic E-state index is -4.57. The summed E-state index contributed by atoms with van der Waals surface area (Å²) < 4.78 is 45.2. The first-order valence-corrected chi connectivity index (χ1v) is 13.1. The number of nitrogens with one attached hydrogen (secondary N) is 1. The summed E-state index contributed by atoms with van der Waals surface area (Å²) in [5, 5.41) is 31.5. The van der Waals surface area contributed by atoms with Crippen LogP contribution in [0.15, 0.2) is 21.9 Å². The summed E-state index contributed by atoms with van der Waals surface area (Å²) in [6, 6.07) is 1.03. The van der Waals surface area contributed by atoms with Crippen LogP contribution in [0.4, 0.5) is 0 Å². The average Bonchev–Trinajstić information content (AvgIpc) is 3.00. The van der Waals surface area contributed by atoms with Crippen molar-refractivity contribution in [1.29, 1.82) is 0 Å². The van der Waals surface area contributed by atoms with E-state index in [0.29, 0.717) is 0 Å². The number of aliphatic hydroxyl groups excluding tert-OH is 2. The summed E-state index contributed by atoms with van der Waals surface area (Å²) in [5.41, 5.74) is -5.18. The molecule has 6 unspecified atom stereocenters. The number of hydrogen-bond acceptors (Lipinski definition) is 13. The van der Waals surface area contributed by atoms with Crippen LogP contribution < -0.4 is 11.2 Å². The van der Waals surface area contributed by atoms with Gasteiger partial charge in [0.2, 0.25) is 6.79 Å². The molecule has 16 heteroatoms. The molecule has 1 aromatic heterocycles. The zero-order chi connectivity index (χ0) is 29.1. The van der Waals surface area contributed by atoms with Gasteiger partial charge < -0.3 is 29.5 Å². The number of phosphoric ester groups is 1. The molecule has 1 aliphatic heterocycles. The van der Waals surface area contributed by atoms with E-state index >= 15 is 0 Å². The molecule has 0 bridgehead atoms. The van der Waals surface area contributed by atoms with E-state index in [4.69, 9.17) is 27.8 Å². The second kappa shape index (κ2) is 12.1. The normalized spacial score (nSPS) is 26.6. The molecule has 1 aromatic rings. The Kier molecular flexibility index (Phi) is 10.2. The third-order valence-electron chi connectivity index (χ3n) is 5.45. The van der Waals surface area contributed by atoms with Gasteiger partial charge in [0.05, 0.1) is 12.0 Å². The number of esters is 1. The molecule has 6 atom stereocenters. The van der Waals surface area contributed by atoms with E-state index in [1.807, 2.05) is 4.98 Å². The predicted octanol–water partition coefficient (Wildman–Crippen LogP) is 0.589. The molecule has 2 heterocycles. The highest BCUT2D eigenvalue weighted by Crippen LogP contribution is 2.51. The standard InChI is InChI=1S/C22H37N2O13P/c1-20(2,3)17(27)32-11-35-38(31,36-12-33-18(28)21(4,5)6)34-10-13-15(26)22(7,30)16(37-13)24-9-8-14(25)23-19(24)29/h8-9,13,15-17,26-27,30H,10-12H2,1-7H3,(H,23,25,29). The first-order chi connectivity index (χ1) is 17.3. The number of carbonyl (C=O) groups excluding carboxylic acids is 1. The van der Waals surface area contributed by atoms with E-state index in [2.05, 4.69) is 0 Å². The van der Waals surface area contributed by atoms with Crippen LogP contribution in [0.3, 0.4) is 0 Å². The van der Waals surface area contributed by atoms with E-state index in [9.17, 15) is 34.3 Å². The van der Waals surface area contributed by atoms with Crippen molar-refractivity contribution in [2.45, 2.75) is 78.8 Å². The lowest BCUT2D eigenvalue weighted by molar-refractivity contribution is -0.196. The number of aromatic amines is 1. The van der Waals surface area contributed by atoms with Crippen molar-refractivity contribution in [2.75, 3.05) is 20.2 Å². The number of aromatic nitrogens is 2. The maximum Gasteiger partial charge on any atom is 0.479 e. The van der Waals surface area contributed by atoms with Gasteiger partial charge in [0.15, 0.2) is 19.3 Å². The van der Waals surface area contributed by atoms with Crippen LogP contribution in [-0.4, -0.2) is 75.1 Å². The molecule has 0 saturated carbocycles. The molecule has 0 spiro atoms. The minimum absolute atomic E-state index is 0.664. The zero-order valence-electron chi connectivity index (χ0n) is 22.4. The lowest BCUT2D eigenvalue weighted by Crippen LogP contribution is -2.46. The number of carbonyl (C=O) groups is 1. The molecular formula is C22H37N2O13P. The Balaban J connectivity index is 2.14. The third kappa shape index (κ3) is 8.28. The Labute approximate surface area is 219 Å². The number of phosphoric acid groups is 1. The van der Waals surface area contributed by atoms with Gasteiger partial charge in [-0.3, -0.25) is 28.2 Å². The van der Waals surface area contributed by atoms with Gasteiger partial charge in [0.1, 0.15) is 17.8 Å². The van der Waals surface area contributed by atoms with E-state index in [1.54, 1.807) is 41.5 Å². The van der Waals surface area contributed by atoms with Crippen molar-refractivity contribution >= 4 is 13.8 Å². The largest absolute Gasteiger partial charge is 0.479 e. The van der Waals surface area contributed by atoms with E-state index < -0.39 is 86.4 Å². The molecule has 0 radical (unpaired) electrons. The molecule has 0 aromatic carbocycles. The number of hydrogen-bond donors (Lipinski definition) is 4. The third-order valence-corrected chi connectivity index (χ3v) is 6.75. The summed E-state index contributed by atoms with van der Waals surface area (Å²) in [7, 11) is -4.57. The first kappa shape index (κ1) is 32.3. The highest BCUT2D eigenvalue weighted by atomic mass is 31.2. The highest BCUT2D eigenvalue weighted by Gasteiger charge is 2.54. The van der Waals surface area contributed by atoms with E-state index in [1.165, 1.54) is 6.92 Å². The minimum Gasteiger partial charge on any atom is -0.437 e. The molecule has 0 aliphatic carbocycles. The number of ether oxygens (including phenoxy) is 3. The van der Waals surface area contributed by atoms with E-state index in [-0.39, 0.29) is 0 Å². The van der Waals surface area contributed by atoms with Gasteiger partial charge in [-0.05, 0) is 27.7 Å². The molecule has 38 heavy (non-hydrogen) atoms. The van der Waals surface area contributed by atoms with Crippen LogP contribution in [0.25, 0.3) is 0 Å². The maximum absolute atomic E-state index is 13.2. The average molecular weight is 569 g/mol. The number of rotatable bonds is 11. The lowest BCUT2D eigenvalue weighted by Gasteiger charge is -2.27. The second-order valence-electron chi connectivity index (χ2n) is 11.0. The summed E-state index contributed by atoms with van der Waals surface area (Å²) in [6.07, 6.45) is -4.68. The van der Waals surface area contributed by atoms with Gasteiger partial charge in [-0.15, -0.1) is 0 Å². The maximum atomic E-state index is 13.2. The van der Waals surface area contributed by atoms with Gasteiger partial charge in [-0.25, -0.2) is 13.9 Å². The lowest BCUT2D eigenvalue weighted by atomic mass is 9.96. The van der Waals surface area contributed by atoms with Crippen molar-refractivity contribution in [3.05, 3.63) is 33.1 Å². The highest BCUT2D eigenvalue weighted by molar-refractivity contribution is 7.48. The Morgan fingerprint density at radius 2 is 1.79 bits per heavy atom. The van der Waals surface area contributed by atoms with Crippen LogP contribution in [-0.2, 0) is 37.1 Å². The van der Waals surface area contributed by atoms with Crippen LogP contribution in [0, 0.1) is 10.8 Å². The fourth-order valence-electron chi connectivity index (χ4n) is 3.04. The SMILES string of the molecule is CC(C)(C)C(=O)OCOP(=O)(OCOC(O)C(C)(C)C)OCC1OC(n2ccc(=O)[nH]c2=O)C(C)(O)C1O. The molecule has 1 fully saturated rings. The molecular weight excluding hydrogens is 531 g/mol. The van der Waals surface area contributed by atoms with Crippen molar-refractivity contribution < 1.29 is 52.5 Å². The van der Waals surface area contributed by atoms with Gasteiger partial charge in [0.25, 0.3) is 5.56 Å². The van der Waals surface area contributed by atoms with Crippen LogP contribution >= 0.6 is 7.82 Å². The number of nitrogens with zero attached hydrogens (tertiary/aromatic N) is 1. The predicted molar refractivity (Wildman–Crippen MR) is 129 cm³/mol. The van der Waals surface area contributed by atoms with E-state index in [0.717, 1.165) is 16.8 Å². The second-order valence-corrected chi connectivity index (χ2v) is 12.7. The smallest absolute Gasteiger partial charge is 0.437 e. The molecule has 0 amide bonds. The zero-order valence-corrected chi connectivity index (χ0v) is 23.3. The molecule has 1 saturated heterocycles. The Morgan fingerprint density at radius 3 is 2.34 bits per heavy atom. The fraction of sp³-hybridized carbons (Fsp3) is 0.773. The van der Waals surface area contributed by atoms with Crippen molar-refractivity contribution in [1.82, 2.24) is 9.55 Å². The molecule has 4 N–H and O–H groups in total. The molecule has 15 nitrogen and oxygen atoms in total. The van der Waals surface area contributed by atoms with Gasteiger partial charge in [-0.1, -0.05) is 20.8 Å². The van der Waals surface area contributed by atoms with Crippen LogP contribution in [0.2, 0.25) is 0 Å². The number of aliphatic hydroxyl groups is 3. The van der Waals surface area contributed by atoms with Crippen LogP contribution in [0.1, 0.15) is 54.7 Å². The van der Waals surface area contributed by atoms with Gasteiger partial charge in [0, 0.05) is 17.7 Å². The van der Waals surface area contributed by atoms with Crippen LogP contribution in [0.5, 0.6) is 0 Å². The Morgan fingerprint density at radius 1 is 1.18 bits per heavy atom. The first-order valence-electron chi connectivity index (χ1n) is 11.7. The molecule has 218 valence electrons. The quantitative estimate of drug-likeness (QED) is 0.164. The molecule has 2 rings (SSSR count). The number of H-pyrrole nitrogens is 1. The Bertz CT molecular complexity index is 1120. The van der Waals surface area contributed by atoms with Gasteiger partial charge in [-0.2, -0.15) is 0 Å².